The number of methoxy groups -OCH3 is 1. The van der Waals surface area contributed by atoms with Crippen molar-refractivity contribution in [3.63, 3.8) is 0 Å². The molecule has 24 heavy (non-hydrogen) atoms. The summed E-state index contributed by atoms with van der Waals surface area (Å²) in [6.45, 7) is 11.6. The number of aryl methyl sites for hydroxylation is 1. The first-order valence-electron chi connectivity index (χ1n) is 8.19. The lowest BCUT2D eigenvalue weighted by molar-refractivity contribution is -0.134. The second-order valence-electron chi connectivity index (χ2n) is 6.81. The lowest BCUT2D eigenvalue weighted by atomic mass is 10.0. The molecule has 1 aromatic rings. The first kappa shape index (κ1) is 19.9. The zero-order chi connectivity index (χ0) is 18.6. The minimum atomic E-state index is -0.507. The number of carbonyl (C=O) groups excluding carboxylic acids is 3. The normalized spacial score (nSPS) is 11.0. The molecule has 1 rings (SSSR count). The Balaban J connectivity index is 3.10. The zero-order valence-corrected chi connectivity index (χ0v) is 15.6. The Morgan fingerprint density at radius 3 is 2.17 bits per heavy atom. The van der Waals surface area contributed by atoms with Gasteiger partial charge in [-0.05, 0) is 25.3 Å². The Bertz CT molecular complexity index is 629. The topological polar surface area (TPSA) is 79.5 Å². The summed E-state index contributed by atoms with van der Waals surface area (Å²) in [6.07, 6.45) is 0. The Morgan fingerprint density at radius 1 is 1.12 bits per heavy atom. The fraction of sp³-hybridized carbons (Fsp3) is 0.611. The van der Waals surface area contributed by atoms with E-state index in [1.807, 2.05) is 27.7 Å². The van der Waals surface area contributed by atoms with Crippen molar-refractivity contribution in [3.05, 3.63) is 22.5 Å². The van der Waals surface area contributed by atoms with Crippen molar-refractivity contribution in [2.75, 3.05) is 20.2 Å². The number of nitrogens with one attached hydrogen (secondary N) is 1. The van der Waals surface area contributed by atoms with E-state index < -0.39 is 5.97 Å². The molecule has 1 N–H and O–H groups in total. The van der Waals surface area contributed by atoms with Crippen LogP contribution in [-0.4, -0.2) is 47.7 Å². The van der Waals surface area contributed by atoms with Gasteiger partial charge < -0.3 is 14.6 Å². The van der Waals surface area contributed by atoms with Crippen LogP contribution >= 0.6 is 0 Å². The van der Waals surface area contributed by atoms with Gasteiger partial charge in [-0.25, -0.2) is 4.79 Å². The molecule has 0 saturated carbocycles. The molecule has 0 fully saturated rings. The van der Waals surface area contributed by atoms with Crippen LogP contribution in [0.1, 0.15) is 59.8 Å². The van der Waals surface area contributed by atoms with E-state index in [-0.39, 0.29) is 35.8 Å². The minimum Gasteiger partial charge on any atom is -0.464 e. The summed E-state index contributed by atoms with van der Waals surface area (Å²) < 4.78 is 4.72. The number of H-pyrrole nitrogens is 1. The van der Waals surface area contributed by atoms with Gasteiger partial charge in [-0.15, -0.1) is 0 Å². The van der Waals surface area contributed by atoms with E-state index in [1.165, 1.54) is 7.11 Å². The predicted molar refractivity (Wildman–Crippen MR) is 92.2 cm³/mol. The number of amides is 1. The smallest absolute Gasteiger partial charge is 0.354 e. The molecule has 1 aromatic heterocycles. The maximum absolute atomic E-state index is 12.8. The van der Waals surface area contributed by atoms with Crippen molar-refractivity contribution in [1.82, 2.24) is 9.88 Å². The van der Waals surface area contributed by atoms with Gasteiger partial charge in [-0.1, -0.05) is 27.7 Å². The van der Waals surface area contributed by atoms with Crippen molar-refractivity contribution in [2.24, 2.45) is 11.8 Å². The summed E-state index contributed by atoms with van der Waals surface area (Å²) in [5.41, 5.74) is 1.91. The molecule has 134 valence electrons. The average Bonchev–Trinajstić information content (AvgIpc) is 2.79. The number of ketones is 1. The van der Waals surface area contributed by atoms with Gasteiger partial charge in [0, 0.05) is 23.7 Å². The molecule has 0 spiro atoms. The highest BCUT2D eigenvalue weighted by molar-refractivity contribution is 6.04. The fourth-order valence-corrected chi connectivity index (χ4v) is 2.77. The minimum absolute atomic E-state index is 0.00927. The number of rotatable bonds is 7. The van der Waals surface area contributed by atoms with E-state index in [1.54, 1.807) is 18.7 Å². The van der Waals surface area contributed by atoms with Crippen molar-refractivity contribution in [2.45, 2.75) is 41.5 Å². The van der Waals surface area contributed by atoms with Crippen molar-refractivity contribution < 1.29 is 19.1 Å². The van der Waals surface area contributed by atoms with Crippen LogP contribution in [-0.2, 0) is 9.53 Å². The molecule has 0 aliphatic heterocycles. The van der Waals surface area contributed by atoms with Crippen molar-refractivity contribution in [3.8, 4) is 0 Å². The van der Waals surface area contributed by atoms with Crippen LogP contribution in [0.2, 0.25) is 0 Å². The van der Waals surface area contributed by atoms with E-state index in [0.717, 1.165) is 0 Å². The van der Waals surface area contributed by atoms with Gasteiger partial charge in [0.05, 0.1) is 13.7 Å². The van der Waals surface area contributed by atoms with E-state index in [0.29, 0.717) is 23.4 Å². The lowest BCUT2D eigenvalue weighted by Crippen LogP contribution is -2.40. The third-order valence-electron chi connectivity index (χ3n) is 3.83. The Morgan fingerprint density at radius 2 is 1.71 bits per heavy atom. The maximum Gasteiger partial charge on any atom is 0.354 e. The molecule has 6 heteroatoms. The molecule has 0 aliphatic carbocycles. The summed E-state index contributed by atoms with van der Waals surface area (Å²) in [7, 11) is 1.30. The molecule has 0 atom stereocenters. The summed E-state index contributed by atoms with van der Waals surface area (Å²) >= 11 is 0. The van der Waals surface area contributed by atoms with Crippen LogP contribution < -0.4 is 0 Å². The monoisotopic (exact) mass is 336 g/mol. The Kier molecular flexibility index (Phi) is 6.75. The summed E-state index contributed by atoms with van der Waals surface area (Å²) in [5, 5.41) is 0. The van der Waals surface area contributed by atoms with Gasteiger partial charge in [-0.2, -0.15) is 0 Å². The summed E-state index contributed by atoms with van der Waals surface area (Å²) in [5.74, 6) is -0.635. The maximum atomic E-state index is 12.8. The highest BCUT2D eigenvalue weighted by Crippen LogP contribution is 2.20. The molecule has 1 heterocycles. The van der Waals surface area contributed by atoms with Crippen LogP contribution in [0.15, 0.2) is 0 Å². The van der Waals surface area contributed by atoms with Crippen LogP contribution in [0.3, 0.4) is 0 Å². The van der Waals surface area contributed by atoms with Gasteiger partial charge in [0.2, 0.25) is 5.91 Å². The second-order valence-corrected chi connectivity index (χ2v) is 6.81. The number of aromatic nitrogens is 1. The molecule has 0 bridgehead atoms. The predicted octanol–water partition coefficient (Wildman–Crippen LogP) is 2.74. The van der Waals surface area contributed by atoms with Gasteiger partial charge in [0.1, 0.15) is 5.69 Å². The number of esters is 1. The van der Waals surface area contributed by atoms with Crippen LogP contribution in [0, 0.1) is 25.7 Å². The van der Waals surface area contributed by atoms with Gasteiger partial charge in [-0.3, -0.25) is 9.59 Å². The number of aromatic amines is 1. The summed E-state index contributed by atoms with van der Waals surface area (Å²) in [6, 6.07) is 0. The number of hydrogen-bond donors (Lipinski definition) is 1. The summed E-state index contributed by atoms with van der Waals surface area (Å²) in [4.78, 5) is 41.4. The van der Waals surface area contributed by atoms with Gasteiger partial charge >= 0.3 is 5.97 Å². The first-order chi connectivity index (χ1) is 11.1. The molecular formula is C18H28N2O4. The van der Waals surface area contributed by atoms with E-state index in [9.17, 15) is 14.4 Å². The zero-order valence-electron chi connectivity index (χ0n) is 15.6. The Hall–Kier alpha value is -2.11. The quantitative estimate of drug-likeness (QED) is 0.613. The molecule has 1 amide bonds. The van der Waals surface area contributed by atoms with Crippen LogP contribution in [0.5, 0.6) is 0 Å². The third-order valence-corrected chi connectivity index (χ3v) is 3.83. The first-order valence-corrected chi connectivity index (χ1v) is 8.19. The standard InChI is InChI=1S/C18H28N2O4/c1-10(2)8-20(17(22)11(3)4)9-14(21)15-12(5)16(18(23)24-7)19-13(15)6/h10-11,19H,8-9H2,1-7H3. The number of carbonyl (C=O) groups is 3. The number of hydrogen-bond acceptors (Lipinski definition) is 4. The third kappa shape index (κ3) is 4.46. The fourth-order valence-electron chi connectivity index (χ4n) is 2.77. The van der Waals surface area contributed by atoms with E-state index >= 15 is 0 Å². The molecular weight excluding hydrogens is 308 g/mol. The molecule has 0 aromatic carbocycles. The Labute approximate surface area is 143 Å². The molecule has 0 saturated heterocycles. The van der Waals surface area contributed by atoms with Gasteiger partial charge in [0.15, 0.2) is 5.78 Å². The van der Waals surface area contributed by atoms with E-state index in [4.69, 9.17) is 4.74 Å². The molecule has 0 radical (unpaired) electrons. The SMILES string of the molecule is COC(=O)c1[nH]c(C)c(C(=O)CN(CC(C)C)C(=O)C(C)C)c1C. The largest absolute Gasteiger partial charge is 0.464 e. The molecule has 0 aliphatic rings. The highest BCUT2D eigenvalue weighted by atomic mass is 16.5. The molecule has 6 nitrogen and oxygen atoms in total. The molecule has 0 unspecified atom stereocenters. The van der Waals surface area contributed by atoms with Crippen molar-refractivity contribution in [1.29, 1.82) is 0 Å². The van der Waals surface area contributed by atoms with Crippen LogP contribution in [0.25, 0.3) is 0 Å². The second kappa shape index (κ2) is 8.13. The van der Waals surface area contributed by atoms with Crippen molar-refractivity contribution >= 4 is 17.7 Å². The number of nitrogens with zero attached hydrogens (tertiary/aromatic N) is 1. The van der Waals surface area contributed by atoms with Gasteiger partial charge in [0.25, 0.3) is 0 Å². The lowest BCUT2D eigenvalue weighted by Gasteiger charge is -2.25. The van der Waals surface area contributed by atoms with Crippen LogP contribution in [0.4, 0.5) is 0 Å². The number of Topliss-reactive ketones (excluding diaryl/α,β-unsaturated/α-hetero) is 1. The highest BCUT2D eigenvalue weighted by Gasteiger charge is 2.26. The van der Waals surface area contributed by atoms with E-state index in [2.05, 4.69) is 4.98 Å². The number of ether oxygens (including phenoxy) is 1. The average molecular weight is 336 g/mol.